The minimum Gasteiger partial charge on any atom is -0.295 e. The van der Waals surface area contributed by atoms with Gasteiger partial charge >= 0.3 is 0 Å². The largest absolute Gasteiger partial charge is 0.295 e. The quantitative estimate of drug-likeness (QED) is 0.749. The van der Waals surface area contributed by atoms with Crippen LogP contribution in [0.5, 0.6) is 0 Å². The van der Waals surface area contributed by atoms with Crippen LogP contribution in [0.3, 0.4) is 0 Å². The molecule has 21 heavy (non-hydrogen) atoms. The number of benzene rings is 1. The van der Waals surface area contributed by atoms with Gasteiger partial charge in [0.2, 0.25) is 21.8 Å². The Hall–Kier alpha value is -2.31. The van der Waals surface area contributed by atoms with E-state index < -0.39 is 44.2 Å². The van der Waals surface area contributed by atoms with E-state index in [1.807, 2.05) is 5.32 Å². The summed E-state index contributed by atoms with van der Waals surface area (Å²) in [5.74, 6) is -2.23. The summed E-state index contributed by atoms with van der Waals surface area (Å²) in [7, 11) is -4.26. The second kappa shape index (κ2) is 5.59. The molecule has 1 unspecified atom stereocenters. The van der Waals surface area contributed by atoms with E-state index in [1.54, 1.807) is 0 Å². The Morgan fingerprint density at radius 3 is 2.71 bits per heavy atom. The fourth-order valence-electron chi connectivity index (χ4n) is 1.89. The number of rotatable bonds is 3. The van der Waals surface area contributed by atoms with Crippen molar-refractivity contribution in [2.45, 2.75) is 23.8 Å². The molecular formula is C12H10FN3O4S. The van der Waals surface area contributed by atoms with Gasteiger partial charge in [-0.25, -0.2) is 12.8 Å². The van der Waals surface area contributed by atoms with E-state index in [1.165, 1.54) is 6.07 Å². The number of imide groups is 1. The Morgan fingerprint density at radius 1 is 1.38 bits per heavy atom. The summed E-state index contributed by atoms with van der Waals surface area (Å²) in [6, 6.07) is 3.52. The summed E-state index contributed by atoms with van der Waals surface area (Å²) in [6.07, 6.45) is -0.00567. The number of hydrogen-bond acceptors (Lipinski definition) is 5. The number of nitrogens with zero attached hydrogens (tertiary/aromatic N) is 1. The van der Waals surface area contributed by atoms with Crippen molar-refractivity contribution in [2.24, 2.45) is 0 Å². The zero-order valence-corrected chi connectivity index (χ0v) is 11.4. The van der Waals surface area contributed by atoms with Gasteiger partial charge in [-0.05, 0) is 18.6 Å². The van der Waals surface area contributed by atoms with E-state index in [0.717, 1.165) is 18.2 Å². The number of amides is 2. The minimum absolute atomic E-state index is 0.00109. The highest BCUT2D eigenvalue weighted by molar-refractivity contribution is 7.89. The molecule has 0 aromatic heterocycles. The number of hydrogen-bond donors (Lipinski definition) is 2. The van der Waals surface area contributed by atoms with Crippen molar-refractivity contribution in [3.63, 3.8) is 0 Å². The number of halogens is 1. The molecule has 1 heterocycles. The molecule has 1 aliphatic rings. The SMILES string of the molecule is N#Cc1c(F)cccc1S(=O)(=O)NC1CCC(=O)NC1=O. The highest BCUT2D eigenvalue weighted by atomic mass is 32.2. The van der Waals surface area contributed by atoms with Gasteiger partial charge in [-0.15, -0.1) is 0 Å². The maximum absolute atomic E-state index is 13.4. The van der Waals surface area contributed by atoms with Crippen molar-refractivity contribution in [1.82, 2.24) is 10.0 Å². The molecule has 1 aromatic rings. The third-order valence-corrected chi connectivity index (χ3v) is 4.43. The highest BCUT2D eigenvalue weighted by Gasteiger charge is 2.32. The summed E-state index contributed by atoms with van der Waals surface area (Å²) >= 11 is 0. The van der Waals surface area contributed by atoms with E-state index in [-0.39, 0.29) is 12.8 Å². The first-order valence-electron chi connectivity index (χ1n) is 5.90. The molecule has 0 spiro atoms. The van der Waals surface area contributed by atoms with E-state index in [9.17, 15) is 22.4 Å². The molecule has 0 saturated carbocycles. The maximum Gasteiger partial charge on any atom is 0.244 e. The lowest BCUT2D eigenvalue weighted by Crippen LogP contribution is -2.52. The number of sulfonamides is 1. The van der Waals surface area contributed by atoms with Crippen molar-refractivity contribution in [3.8, 4) is 6.07 Å². The maximum atomic E-state index is 13.4. The lowest BCUT2D eigenvalue weighted by Gasteiger charge is -2.21. The first-order chi connectivity index (χ1) is 9.85. The van der Waals surface area contributed by atoms with Gasteiger partial charge in [0, 0.05) is 6.42 Å². The Kier molecular flexibility index (Phi) is 4.02. The van der Waals surface area contributed by atoms with Gasteiger partial charge in [0.25, 0.3) is 0 Å². The molecule has 9 heteroatoms. The molecule has 1 fully saturated rings. The minimum atomic E-state index is -4.26. The van der Waals surface area contributed by atoms with Crippen LogP contribution >= 0.6 is 0 Å². The van der Waals surface area contributed by atoms with Crippen LogP contribution in [-0.2, 0) is 19.6 Å². The average molecular weight is 311 g/mol. The predicted molar refractivity (Wildman–Crippen MR) is 67.6 cm³/mol. The van der Waals surface area contributed by atoms with Crippen LogP contribution in [0.4, 0.5) is 4.39 Å². The number of nitriles is 1. The predicted octanol–water partition coefficient (Wildman–Crippen LogP) is -0.219. The molecule has 0 bridgehead atoms. The van der Waals surface area contributed by atoms with E-state index >= 15 is 0 Å². The van der Waals surface area contributed by atoms with Crippen molar-refractivity contribution in [3.05, 3.63) is 29.6 Å². The highest BCUT2D eigenvalue weighted by Crippen LogP contribution is 2.19. The summed E-state index contributed by atoms with van der Waals surface area (Å²) in [4.78, 5) is 22.0. The van der Waals surface area contributed by atoms with Gasteiger partial charge in [-0.1, -0.05) is 6.07 Å². The van der Waals surface area contributed by atoms with Gasteiger partial charge < -0.3 is 0 Å². The zero-order chi connectivity index (χ0) is 15.6. The molecule has 0 radical (unpaired) electrons. The standard InChI is InChI=1S/C12H10FN3O4S/c13-8-2-1-3-10(7(8)6-14)21(19,20)16-9-4-5-11(17)15-12(9)18/h1-3,9,16H,4-5H2,(H,15,17,18). The van der Waals surface area contributed by atoms with Crippen LogP contribution in [0.15, 0.2) is 23.1 Å². The smallest absolute Gasteiger partial charge is 0.244 e. The van der Waals surface area contributed by atoms with Crippen LogP contribution < -0.4 is 10.0 Å². The Labute approximate surface area is 119 Å². The van der Waals surface area contributed by atoms with Crippen molar-refractivity contribution >= 4 is 21.8 Å². The van der Waals surface area contributed by atoms with E-state index in [0.29, 0.717) is 0 Å². The molecule has 1 atom stereocenters. The summed E-state index contributed by atoms with van der Waals surface area (Å²) in [5.41, 5.74) is -0.628. The van der Waals surface area contributed by atoms with Gasteiger partial charge in [-0.3, -0.25) is 14.9 Å². The van der Waals surface area contributed by atoms with Crippen LogP contribution in [0.2, 0.25) is 0 Å². The second-order valence-corrected chi connectivity index (χ2v) is 6.03. The lowest BCUT2D eigenvalue weighted by atomic mass is 10.1. The van der Waals surface area contributed by atoms with Crippen LogP contribution in [0, 0.1) is 17.1 Å². The Bertz CT molecular complexity index is 754. The molecule has 2 rings (SSSR count). The molecule has 0 aliphatic carbocycles. The first kappa shape index (κ1) is 15.1. The van der Waals surface area contributed by atoms with Crippen molar-refractivity contribution < 1.29 is 22.4 Å². The molecule has 7 nitrogen and oxygen atoms in total. The van der Waals surface area contributed by atoms with Crippen LogP contribution in [-0.4, -0.2) is 26.3 Å². The fourth-order valence-corrected chi connectivity index (χ4v) is 3.29. The Morgan fingerprint density at radius 2 is 2.10 bits per heavy atom. The third-order valence-electron chi connectivity index (χ3n) is 2.91. The zero-order valence-electron chi connectivity index (χ0n) is 10.6. The van der Waals surface area contributed by atoms with E-state index in [4.69, 9.17) is 5.26 Å². The molecule has 110 valence electrons. The summed E-state index contributed by atoms with van der Waals surface area (Å²) in [5, 5.41) is 10.8. The van der Waals surface area contributed by atoms with Crippen molar-refractivity contribution in [1.29, 1.82) is 5.26 Å². The van der Waals surface area contributed by atoms with Gasteiger partial charge in [0.15, 0.2) is 0 Å². The molecular weight excluding hydrogens is 301 g/mol. The van der Waals surface area contributed by atoms with Crippen molar-refractivity contribution in [2.75, 3.05) is 0 Å². The monoisotopic (exact) mass is 311 g/mol. The van der Waals surface area contributed by atoms with E-state index in [2.05, 4.69) is 4.72 Å². The number of carbonyl (C=O) groups excluding carboxylic acids is 2. The molecule has 2 N–H and O–H groups in total. The normalized spacial score (nSPS) is 19.0. The molecule has 1 aromatic carbocycles. The first-order valence-corrected chi connectivity index (χ1v) is 7.38. The molecule has 1 aliphatic heterocycles. The van der Waals surface area contributed by atoms with Crippen LogP contribution in [0.25, 0.3) is 0 Å². The molecule has 2 amide bonds. The number of carbonyl (C=O) groups is 2. The van der Waals surface area contributed by atoms with Gasteiger partial charge in [0.05, 0.1) is 0 Å². The second-order valence-electron chi connectivity index (χ2n) is 4.35. The Balaban J connectivity index is 2.32. The topological polar surface area (TPSA) is 116 Å². The van der Waals surface area contributed by atoms with Gasteiger partial charge in [-0.2, -0.15) is 9.98 Å². The number of nitrogens with one attached hydrogen (secondary N) is 2. The summed E-state index contributed by atoms with van der Waals surface area (Å²) < 4.78 is 39.9. The molecule has 1 saturated heterocycles. The summed E-state index contributed by atoms with van der Waals surface area (Å²) in [6.45, 7) is 0. The van der Waals surface area contributed by atoms with Crippen LogP contribution in [0.1, 0.15) is 18.4 Å². The lowest BCUT2D eigenvalue weighted by molar-refractivity contribution is -0.134. The van der Waals surface area contributed by atoms with Gasteiger partial charge in [0.1, 0.15) is 28.4 Å². The number of piperidine rings is 1. The third kappa shape index (κ3) is 3.07. The fraction of sp³-hybridized carbons (Fsp3) is 0.250. The average Bonchev–Trinajstić information content (AvgIpc) is 2.41.